The Bertz CT molecular complexity index is 763. The molecule has 1 aromatic heterocycles. The van der Waals surface area contributed by atoms with E-state index in [1.165, 1.54) is 0 Å². The van der Waals surface area contributed by atoms with E-state index in [2.05, 4.69) is 10.3 Å². The van der Waals surface area contributed by atoms with Gasteiger partial charge in [0.2, 0.25) is 0 Å². The van der Waals surface area contributed by atoms with E-state index < -0.39 is 6.09 Å². The zero-order valence-electron chi connectivity index (χ0n) is 11.7. The van der Waals surface area contributed by atoms with Gasteiger partial charge in [-0.1, -0.05) is 36.4 Å². The van der Waals surface area contributed by atoms with E-state index in [1.807, 2.05) is 49.4 Å². The molecule has 0 radical (unpaired) electrons. The Labute approximate surface area is 122 Å². The number of rotatable bonds is 3. The molecule has 1 amide bonds. The highest BCUT2D eigenvalue weighted by atomic mass is 16.5. The summed E-state index contributed by atoms with van der Waals surface area (Å²) in [6, 6.07) is 17.1. The van der Waals surface area contributed by atoms with Crippen LogP contribution >= 0.6 is 0 Å². The lowest BCUT2D eigenvalue weighted by atomic mass is 10.1. The number of hydrogen-bond acceptors (Lipinski definition) is 2. The minimum absolute atomic E-state index is 0.432. The molecule has 4 nitrogen and oxygen atoms in total. The van der Waals surface area contributed by atoms with E-state index in [0.717, 1.165) is 22.2 Å². The first-order valence-electron chi connectivity index (χ1n) is 6.81. The predicted molar refractivity (Wildman–Crippen MR) is 82.3 cm³/mol. The molecule has 0 saturated carbocycles. The highest BCUT2D eigenvalue weighted by molar-refractivity contribution is 5.85. The molecule has 0 aliphatic carbocycles. The van der Waals surface area contributed by atoms with E-state index >= 15 is 0 Å². The molecule has 0 spiro atoms. The van der Waals surface area contributed by atoms with Crippen LogP contribution < -0.4 is 10.1 Å². The number of aromatic amines is 1. The van der Waals surface area contributed by atoms with Crippen molar-refractivity contribution in [2.24, 2.45) is 0 Å². The van der Waals surface area contributed by atoms with Gasteiger partial charge in [0.15, 0.2) is 0 Å². The van der Waals surface area contributed by atoms with Crippen molar-refractivity contribution in [2.45, 2.75) is 13.5 Å². The van der Waals surface area contributed by atoms with E-state index in [-0.39, 0.29) is 0 Å². The summed E-state index contributed by atoms with van der Waals surface area (Å²) in [6.45, 7) is 2.43. The second-order valence-corrected chi connectivity index (χ2v) is 4.83. The molecule has 21 heavy (non-hydrogen) atoms. The topological polar surface area (TPSA) is 54.1 Å². The van der Waals surface area contributed by atoms with Gasteiger partial charge in [-0.05, 0) is 30.7 Å². The van der Waals surface area contributed by atoms with Crippen LogP contribution in [0.2, 0.25) is 0 Å². The van der Waals surface area contributed by atoms with Gasteiger partial charge in [0, 0.05) is 23.1 Å². The average Bonchev–Trinajstić information content (AvgIpc) is 2.81. The molecule has 0 atom stereocenters. The molecular formula is C17H16N2O2. The number of nitrogens with one attached hydrogen (secondary N) is 2. The van der Waals surface area contributed by atoms with Crippen molar-refractivity contribution in [3.8, 4) is 5.75 Å². The van der Waals surface area contributed by atoms with Gasteiger partial charge in [0.05, 0.1) is 0 Å². The van der Waals surface area contributed by atoms with Gasteiger partial charge in [-0.2, -0.15) is 0 Å². The van der Waals surface area contributed by atoms with Crippen LogP contribution in [0.5, 0.6) is 5.75 Å². The van der Waals surface area contributed by atoms with Gasteiger partial charge >= 0.3 is 6.09 Å². The van der Waals surface area contributed by atoms with Crippen molar-refractivity contribution in [2.75, 3.05) is 0 Å². The number of carbonyl (C=O) groups excluding carboxylic acids is 1. The molecule has 1 heterocycles. The van der Waals surface area contributed by atoms with Gasteiger partial charge in [0.25, 0.3) is 0 Å². The molecule has 0 unspecified atom stereocenters. The average molecular weight is 280 g/mol. The van der Waals surface area contributed by atoms with Crippen LogP contribution in [0.4, 0.5) is 4.79 Å². The number of hydrogen-bond donors (Lipinski definition) is 2. The zero-order valence-corrected chi connectivity index (χ0v) is 11.7. The minimum atomic E-state index is -0.453. The summed E-state index contributed by atoms with van der Waals surface area (Å²) < 4.78 is 5.20. The predicted octanol–water partition coefficient (Wildman–Crippen LogP) is 3.76. The lowest BCUT2D eigenvalue weighted by molar-refractivity contribution is 0.200. The number of H-pyrrole nitrogens is 1. The molecule has 0 saturated heterocycles. The van der Waals surface area contributed by atoms with Crippen LogP contribution in [-0.4, -0.2) is 11.1 Å². The third-order valence-electron chi connectivity index (χ3n) is 3.39. The first kappa shape index (κ1) is 13.2. The molecule has 0 aliphatic rings. The van der Waals surface area contributed by atoms with Crippen molar-refractivity contribution in [3.05, 3.63) is 65.9 Å². The van der Waals surface area contributed by atoms with Crippen molar-refractivity contribution < 1.29 is 9.53 Å². The second kappa shape index (κ2) is 5.71. The molecule has 3 aromatic rings. The fourth-order valence-corrected chi connectivity index (χ4v) is 2.35. The zero-order chi connectivity index (χ0) is 14.7. The molecule has 0 fully saturated rings. The number of aromatic nitrogens is 1. The maximum Gasteiger partial charge on any atom is 0.412 e. The van der Waals surface area contributed by atoms with Crippen LogP contribution in [0.15, 0.2) is 54.6 Å². The van der Waals surface area contributed by atoms with Crippen molar-refractivity contribution in [1.29, 1.82) is 0 Å². The fourth-order valence-electron chi connectivity index (χ4n) is 2.35. The van der Waals surface area contributed by atoms with Crippen LogP contribution in [0.25, 0.3) is 10.9 Å². The molecule has 3 rings (SSSR count). The van der Waals surface area contributed by atoms with Crippen molar-refractivity contribution in [1.82, 2.24) is 10.3 Å². The largest absolute Gasteiger partial charge is 0.412 e. The van der Waals surface area contributed by atoms with Crippen LogP contribution in [0.3, 0.4) is 0 Å². The number of fused-ring (bicyclic) bond motifs is 1. The Morgan fingerprint density at radius 2 is 1.81 bits per heavy atom. The van der Waals surface area contributed by atoms with Crippen LogP contribution in [0.1, 0.15) is 11.3 Å². The number of ether oxygens (including phenoxy) is 1. The van der Waals surface area contributed by atoms with E-state index in [1.54, 1.807) is 12.1 Å². The molecule has 2 aromatic carbocycles. The Morgan fingerprint density at radius 3 is 2.62 bits per heavy atom. The highest BCUT2D eigenvalue weighted by Crippen LogP contribution is 2.21. The Balaban J connectivity index is 1.69. The Hall–Kier alpha value is -2.75. The smallest absolute Gasteiger partial charge is 0.410 e. The summed E-state index contributed by atoms with van der Waals surface area (Å²) in [6.07, 6.45) is -0.453. The van der Waals surface area contributed by atoms with E-state index in [0.29, 0.717) is 12.3 Å². The summed E-state index contributed by atoms with van der Waals surface area (Å²) in [5.74, 6) is 0.533. The summed E-state index contributed by atoms with van der Waals surface area (Å²) >= 11 is 0. The fraction of sp³-hybridized carbons (Fsp3) is 0.118. The molecular weight excluding hydrogens is 264 g/mol. The maximum absolute atomic E-state index is 11.8. The van der Waals surface area contributed by atoms with Gasteiger partial charge in [0.1, 0.15) is 5.75 Å². The maximum atomic E-state index is 11.8. The molecule has 4 heteroatoms. The number of aryl methyl sites for hydroxylation is 1. The van der Waals surface area contributed by atoms with Gasteiger partial charge in [-0.15, -0.1) is 0 Å². The third-order valence-corrected chi connectivity index (χ3v) is 3.39. The number of amides is 1. The Morgan fingerprint density at radius 1 is 1.10 bits per heavy atom. The van der Waals surface area contributed by atoms with Crippen molar-refractivity contribution >= 4 is 17.0 Å². The first-order chi connectivity index (χ1) is 10.2. The number of benzene rings is 2. The second-order valence-electron chi connectivity index (χ2n) is 4.83. The lowest BCUT2D eigenvalue weighted by Crippen LogP contribution is -2.26. The van der Waals surface area contributed by atoms with Crippen LogP contribution in [-0.2, 0) is 6.54 Å². The quantitative estimate of drug-likeness (QED) is 0.767. The Kier molecular flexibility index (Phi) is 3.60. The summed E-state index contributed by atoms with van der Waals surface area (Å²) in [5, 5.41) is 3.91. The van der Waals surface area contributed by atoms with Gasteiger partial charge in [-0.25, -0.2) is 4.79 Å². The molecule has 106 valence electrons. The molecule has 0 aliphatic heterocycles. The summed E-state index contributed by atoms with van der Waals surface area (Å²) in [5.41, 5.74) is 3.20. The van der Waals surface area contributed by atoms with Gasteiger partial charge < -0.3 is 15.0 Å². The summed E-state index contributed by atoms with van der Waals surface area (Å²) in [7, 11) is 0. The normalized spacial score (nSPS) is 10.5. The monoisotopic (exact) mass is 280 g/mol. The molecule has 0 bridgehead atoms. The first-order valence-corrected chi connectivity index (χ1v) is 6.81. The number of para-hydroxylation sites is 2. The SMILES string of the molecule is Cc1[nH]c2ccccc2c1CNC(=O)Oc1ccccc1. The van der Waals surface area contributed by atoms with E-state index in [4.69, 9.17) is 4.74 Å². The van der Waals surface area contributed by atoms with Gasteiger partial charge in [-0.3, -0.25) is 0 Å². The van der Waals surface area contributed by atoms with Crippen molar-refractivity contribution in [3.63, 3.8) is 0 Å². The number of carbonyl (C=O) groups is 1. The minimum Gasteiger partial charge on any atom is -0.410 e. The van der Waals surface area contributed by atoms with E-state index in [9.17, 15) is 4.79 Å². The highest BCUT2D eigenvalue weighted by Gasteiger charge is 2.10. The third kappa shape index (κ3) is 2.89. The molecule has 2 N–H and O–H groups in total. The summed E-state index contributed by atoms with van der Waals surface area (Å²) in [4.78, 5) is 15.1. The lowest BCUT2D eigenvalue weighted by Gasteiger charge is -2.06. The van der Waals surface area contributed by atoms with Crippen LogP contribution in [0, 0.1) is 6.92 Å². The standard InChI is InChI=1S/C17H16N2O2/c1-12-15(14-9-5-6-10-16(14)19-12)11-18-17(20)21-13-7-3-2-4-8-13/h2-10,19H,11H2,1H3,(H,18,20).